The van der Waals surface area contributed by atoms with Gasteiger partial charge >= 0.3 is 0 Å². The lowest BCUT2D eigenvalue weighted by molar-refractivity contribution is -0.142. The number of alkyl halides is 1. The first-order chi connectivity index (χ1) is 10.4. The Bertz CT molecular complexity index is 580. The summed E-state index contributed by atoms with van der Waals surface area (Å²) in [5.41, 5.74) is 0.566. The maximum Gasteiger partial charge on any atom is 0.159 e. The SMILES string of the molecule is C[C@]12CC[C@@H]3[C@@H](C(=O)C=C4CCCC(=O)[C@@]43C)[C@@H]1CC(F)C2. The lowest BCUT2D eigenvalue weighted by Gasteiger charge is -2.54. The number of carbonyl (C=O) groups is 2. The van der Waals surface area contributed by atoms with Crippen LogP contribution in [0.1, 0.15) is 58.8 Å². The minimum Gasteiger partial charge on any atom is -0.299 e. The minimum atomic E-state index is -0.776. The quantitative estimate of drug-likeness (QED) is 0.677. The second-order valence-corrected chi connectivity index (χ2v) is 8.52. The van der Waals surface area contributed by atoms with Crippen LogP contribution >= 0.6 is 0 Å². The highest BCUT2D eigenvalue weighted by Crippen LogP contribution is 2.63. The van der Waals surface area contributed by atoms with Crippen LogP contribution in [-0.2, 0) is 9.59 Å². The van der Waals surface area contributed by atoms with E-state index in [2.05, 4.69) is 13.8 Å². The molecule has 6 atom stereocenters. The highest BCUT2D eigenvalue weighted by atomic mass is 19.1. The molecule has 0 aromatic rings. The highest BCUT2D eigenvalue weighted by molar-refractivity contribution is 6.00. The van der Waals surface area contributed by atoms with Crippen molar-refractivity contribution in [3.63, 3.8) is 0 Å². The summed E-state index contributed by atoms with van der Waals surface area (Å²) in [6.07, 6.45) is 6.35. The highest BCUT2D eigenvalue weighted by Gasteiger charge is 2.61. The first-order valence-corrected chi connectivity index (χ1v) is 8.78. The smallest absolute Gasteiger partial charge is 0.159 e. The van der Waals surface area contributed by atoms with Crippen LogP contribution in [-0.4, -0.2) is 17.7 Å². The summed E-state index contributed by atoms with van der Waals surface area (Å²) in [6, 6.07) is 0. The number of Topliss-reactive ketones (excluding diaryl/α,β-unsaturated/α-hetero) is 1. The van der Waals surface area contributed by atoms with Crippen molar-refractivity contribution in [3.8, 4) is 0 Å². The third-order valence-electron chi connectivity index (χ3n) is 7.47. The maximum absolute atomic E-state index is 14.1. The summed E-state index contributed by atoms with van der Waals surface area (Å²) in [6.45, 7) is 4.22. The van der Waals surface area contributed by atoms with Crippen LogP contribution in [0.25, 0.3) is 0 Å². The van der Waals surface area contributed by atoms with Crippen molar-refractivity contribution in [2.45, 2.75) is 65.0 Å². The molecule has 0 heterocycles. The molecule has 0 saturated heterocycles. The Morgan fingerprint density at radius 1 is 1.18 bits per heavy atom. The number of ketones is 2. The van der Waals surface area contributed by atoms with Gasteiger partial charge in [-0.3, -0.25) is 9.59 Å². The van der Waals surface area contributed by atoms with Crippen LogP contribution in [0, 0.1) is 28.6 Å². The van der Waals surface area contributed by atoms with Crippen molar-refractivity contribution in [2.75, 3.05) is 0 Å². The van der Waals surface area contributed by atoms with Gasteiger partial charge in [0, 0.05) is 12.3 Å². The van der Waals surface area contributed by atoms with E-state index in [9.17, 15) is 14.0 Å². The second-order valence-electron chi connectivity index (χ2n) is 8.52. The Morgan fingerprint density at radius 3 is 2.73 bits per heavy atom. The van der Waals surface area contributed by atoms with E-state index >= 15 is 0 Å². The molecule has 4 aliphatic carbocycles. The van der Waals surface area contributed by atoms with Gasteiger partial charge in [0.25, 0.3) is 0 Å². The Balaban J connectivity index is 1.80. The van der Waals surface area contributed by atoms with Crippen LogP contribution in [0.5, 0.6) is 0 Å². The van der Waals surface area contributed by atoms with Gasteiger partial charge < -0.3 is 0 Å². The molecule has 3 fully saturated rings. The van der Waals surface area contributed by atoms with Crippen molar-refractivity contribution >= 4 is 11.6 Å². The van der Waals surface area contributed by atoms with Gasteiger partial charge in [-0.05, 0) is 68.8 Å². The average Bonchev–Trinajstić information content (AvgIpc) is 2.76. The molecule has 120 valence electrons. The summed E-state index contributed by atoms with van der Waals surface area (Å²) in [7, 11) is 0. The minimum absolute atomic E-state index is 0.0460. The molecule has 0 aromatic heterocycles. The molecule has 0 N–H and O–H groups in total. The van der Waals surface area contributed by atoms with E-state index in [-0.39, 0.29) is 29.0 Å². The maximum atomic E-state index is 14.1. The van der Waals surface area contributed by atoms with Gasteiger partial charge in [0.1, 0.15) is 12.0 Å². The van der Waals surface area contributed by atoms with Crippen LogP contribution in [0.3, 0.4) is 0 Å². The molecule has 3 heteroatoms. The van der Waals surface area contributed by atoms with Crippen molar-refractivity contribution in [2.24, 2.45) is 28.6 Å². The molecule has 0 amide bonds. The van der Waals surface area contributed by atoms with Gasteiger partial charge in [-0.15, -0.1) is 0 Å². The van der Waals surface area contributed by atoms with E-state index in [0.29, 0.717) is 25.0 Å². The first kappa shape index (κ1) is 14.6. The molecule has 4 rings (SSSR count). The predicted molar refractivity (Wildman–Crippen MR) is 82.0 cm³/mol. The van der Waals surface area contributed by atoms with Crippen LogP contribution in [0.2, 0.25) is 0 Å². The van der Waals surface area contributed by atoms with Crippen molar-refractivity contribution in [1.29, 1.82) is 0 Å². The second kappa shape index (κ2) is 4.52. The lowest BCUT2D eigenvalue weighted by atomic mass is 9.47. The predicted octanol–water partition coefficient (Wildman–Crippen LogP) is 4.04. The lowest BCUT2D eigenvalue weighted by Crippen LogP contribution is -2.54. The molecule has 3 saturated carbocycles. The molecule has 4 aliphatic rings. The third-order valence-corrected chi connectivity index (χ3v) is 7.47. The summed E-state index contributed by atoms with van der Waals surface area (Å²) in [5.74, 6) is 0.590. The molecular formula is C19H25FO2. The van der Waals surface area contributed by atoms with Gasteiger partial charge in [0.2, 0.25) is 0 Å². The topological polar surface area (TPSA) is 34.1 Å². The molecule has 1 unspecified atom stereocenters. The molecule has 0 aromatic carbocycles. The van der Waals surface area contributed by atoms with E-state index in [0.717, 1.165) is 31.3 Å². The van der Waals surface area contributed by atoms with Crippen molar-refractivity contribution in [1.82, 2.24) is 0 Å². The summed E-state index contributed by atoms with van der Waals surface area (Å²) >= 11 is 0. The van der Waals surface area contributed by atoms with E-state index in [1.165, 1.54) is 0 Å². The largest absolute Gasteiger partial charge is 0.299 e. The van der Waals surface area contributed by atoms with Crippen LogP contribution in [0.4, 0.5) is 4.39 Å². The molecule has 0 aliphatic heterocycles. The number of hydrogen-bond donors (Lipinski definition) is 0. The van der Waals surface area contributed by atoms with E-state index in [1.807, 2.05) is 0 Å². The molecular weight excluding hydrogens is 279 g/mol. The van der Waals surface area contributed by atoms with E-state index in [4.69, 9.17) is 0 Å². The van der Waals surface area contributed by atoms with Gasteiger partial charge in [0.05, 0.1) is 5.41 Å². The summed E-state index contributed by atoms with van der Waals surface area (Å²) < 4.78 is 14.1. The zero-order valence-electron chi connectivity index (χ0n) is 13.5. The van der Waals surface area contributed by atoms with Gasteiger partial charge in [-0.25, -0.2) is 4.39 Å². The number of hydrogen-bond acceptors (Lipinski definition) is 2. The fraction of sp³-hybridized carbons (Fsp3) is 0.789. The Hall–Kier alpha value is -0.990. The number of allylic oxidation sites excluding steroid dienone is 2. The average molecular weight is 304 g/mol. The normalized spacial score (nSPS) is 51.0. The standard InChI is InChI=1S/C19H25FO2/c1-18-7-6-13-17(14(18)9-12(20)10-18)15(21)8-11-4-3-5-16(22)19(11,13)2/h8,12-14,17H,3-7,9-10H2,1-2H3/t12?,13-,14+,17-,18-,19+/m1/s1. The number of fused-ring (bicyclic) bond motifs is 5. The van der Waals surface area contributed by atoms with Gasteiger partial charge in [0.15, 0.2) is 5.78 Å². The summed E-state index contributed by atoms with van der Waals surface area (Å²) in [5, 5.41) is 0. The molecule has 0 bridgehead atoms. The first-order valence-electron chi connectivity index (χ1n) is 8.78. The number of carbonyl (C=O) groups excluding carboxylic acids is 2. The van der Waals surface area contributed by atoms with E-state index in [1.54, 1.807) is 6.08 Å². The van der Waals surface area contributed by atoms with Crippen LogP contribution < -0.4 is 0 Å². The monoisotopic (exact) mass is 304 g/mol. The Kier molecular flexibility index (Phi) is 3.00. The zero-order chi connectivity index (χ0) is 15.7. The van der Waals surface area contributed by atoms with Gasteiger partial charge in [-0.2, -0.15) is 0 Å². The van der Waals surface area contributed by atoms with Gasteiger partial charge in [-0.1, -0.05) is 12.5 Å². The van der Waals surface area contributed by atoms with Crippen molar-refractivity contribution in [3.05, 3.63) is 11.6 Å². The molecule has 0 spiro atoms. The number of halogens is 1. The molecule has 2 nitrogen and oxygen atoms in total. The van der Waals surface area contributed by atoms with E-state index < -0.39 is 11.6 Å². The third kappa shape index (κ3) is 1.71. The number of rotatable bonds is 0. The Morgan fingerprint density at radius 2 is 1.95 bits per heavy atom. The van der Waals surface area contributed by atoms with Crippen LogP contribution in [0.15, 0.2) is 11.6 Å². The summed E-state index contributed by atoms with van der Waals surface area (Å²) in [4.78, 5) is 25.5. The zero-order valence-corrected chi connectivity index (χ0v) is 13.5. The fourth-order valence-electron chi connectivity index (χ4n) is 6.23. The van der Waals surface area contributed by atoms with Crippen molar-refractivity contribution < 1.29 is 14.0 Å². The molecule has 0 radical (unpaired) electrons. The molecule has 22 heavy (non-hydrogen) atoms. The Labute approximate surface area is 131 Å². The fourth-order valence-corrected chi connectivity index (χ4v) is 6.23.